The molecule has 0 bridgehead atoms. The fourth-order valence-electron chi connectivity index (χ4n) is 1.25. The Morgan fingerprint density at radius 1 is 1.59 bits per heavy atom. The van der Waals surface area contributed by atoms with Crippen molar-refractivity contribution >= 4 is 12.0 Å². The first-order valence-electron chi connectivity index (χ1n) is 5.59. The van der Waals surface area contributed by atoms with E-state index in [-0.39, 0.29) is 0 Å². The van der Waals surface area contributed by atoms with Crippen LogP contribution in [0.4, 0.5) is 10.7 Å². The van der Waals surface area contributed by atoms with Crippen molar-refractivity contribution in [2.24, 2.45) is 0 Å². The van der Waals surface area contributed by atoms with Crippen LogP contribution in [0.5, 0.6) is 0 Å². The first kappa shape index (κ1) is 13.4. The van der Waals surface area contributed by atoms with Crippen molar-refractivity contribution in [3.05, 3.63) is 31.1 Å². The second kappa shape index (κ2) is 5.57. The van der Waals surface area contributed by atoms with Gasteiger partial charge in [0.2, 0.25) is 5.88 Å². The number of carbonyl (C=O) groups excluding carboxylic acids is 1. The minimum absolute atomic E-state index is 0.408. The topological polar surface area (TPSA) is 42.7 Å². The monoisotopic (exact) mass is 237 g/mol. The maximum absolute atomic E-state index is 12.0. The Hall–Kier alpha value is -1.71. The summed E-state index contributed by atoms with van der Waals surface area (Å²) in [4.78, 5) is 13.4. The van der Waals surface area contributed by atoms with Gasteiger partial charge in [-0.05, 0) is 33.3 Å². The fraction of sp³-hybridized carbons (Fsp3) is 0.462. The molecule has 0 spiro atoms. The third-order valence-electron chi connectivity index (χ3n) is 1.94. The molecule has 0 aromatic carbocycles. The molecular formula is C13H19NO3. The van der Waals surface area contributed by atoms with Crippen molar-refractivity contribution in [3.8, 4) is 0 Å². The molecule has 1 rings (SSSR count). The Kier molecular flexibility index (Phi) is 4.37. The van der Waals surface area contributed by atoms with Crippen molar-refractivity contribution in [1.82, 2.24) is 0 Å². The van der Waals surface area contributed by atoms with Crippen LogP contribution < -0.4 is 4.90 Å². The number of furan rings is 1. The van der Waals surface area contributed by atoms with E-state index in [0.29, 0.717) is 18.8 Å². The molecule has 4 heteroatoms. The first-order chi connectivity index (χ1) is 7.94. The van der Waals surface area contributed by atoms with Crippen LogP contribution in [-0.2, 0) is 4.74 Å². The van der Waals surface area contributed by atoms with Crippen LogP contribution in [0.15, 0.2) is 35.5 Å². The van der Waals surface area contributed by atoms with Crippen molar-refractivity contribution in [1.29, 1.82) is 0 Å². The molecule has 0 fully saturated rings. The van der Waals surface area contributed by atoms with Crippen LogP contribution in [0.25, 0.3) is 0 Å². The minimum atomic E-state index is -0.518. The highest BCUT2D eigenvalue weighted by atomic mass is 16.6. The second-order valence-electron chi connectivity index (χ2n) is 4.66. The number of anilines is 1. The van der Waals surface area contributed by atoms with E-state index in [1.807, 2.05) is 20.8 Å². The molecule has 0 aliphatic rings. The molecule has 0 unspecified atom stereocenters. The van der Waals surface area contributed by atoms with E-state index in [1.165, 1.54) is 11.2 Å². The van der Waals surface area contributed by atoms with E-state index >= 15 is 0 Å². The highest BCUT2D eigenvalue weighted by Crippen LogP contribution is 2.19. The van der Waals surface area contributed by atoms with Gasteiger partial charge in [-0.3, -0.25) is 0 Å². The quantitative estimate of drug-likeness (QED) is 0.751. The standard InChI is InChI=1S/C13H19NO3/c1-5-6-9-14(11-8-7-10-16-11)12(15)17-13(2,3)4/h5,7-8,10H,1,6,9H2,2-4H3. The lowest BCUT2D eigenvalue weighted by atomic mass is 10.2. The van der Waals surface area contributed by atoms with Gasteiger partial charge in [0.1, 0.15) is 5.60 Å². The van der Waals surface area contributed by atoms with Crippen LogP contribution in [0.2, 0.25) is 0 Å². The minimum Gasteiger partial charge on any atom is -0.448 e. The molecule has 1 aromatic rings. The molecule has 0 saturated carbocycles. The molecule has 0 radical (unpaired) electrons. The molecule has 1 amide bonds. The molecule has 94 valence electrons. The number of hydrogen-bond acceptors (Lipinski definition) is 3. The predicted molar refractivity (Wildman–Crippen MR) is 67.1 cm³/mol. The van der Waals surface area contributed by atoms with Gasteiger partial charge in [0.05, 0.1) is 6.26 Å². The SMILES string of the molecule is C=CCCN(C(=O)OC(C)(C)C)c1ccco1. The lowest BCUT2D eigenvalue weighted by molar-refractivity contribution is 0.0575. The molecule has 0 atom stereocenters. The Labute approximate surface area is 102 Å². The number of hydrogen-bond donors (Lipinski definition) is 0. The number of amides is 1. The summed E-state index contributed by atoms with van der Waals surface area (Å²) in [6.07, 6.45) is 3.55. The zero-order valence-corrected chi connectivity index (χ0v) is 10.6. The molecular weight excluding hydrogens is 218 g/mol. The summed E-state index contributed by atoms with van der Waals surface area (Å²) < 4.78 is 10.5. The van der Waals surface area contributed by atoms with Gasteiger partial charge in [-0.15, -0.1) is 6.58 Å². The van der Waals surface area contributed by atoms with Gasteiger partial charge in [0.25, 0.3) is 0 Å². The van der Waals surface area contributed by atoms with E-state index < -0.39 is 11.7 Å². The highest BCUT2D eigenvalue weighted by Gasteiger charge is 2.24. The Morgan fingerprint density at radius 2 is 2.29 bits per heavy atom. The zero-order valence-electron chi connectivity index (χ0n) is 10.6. The predicted octanol–water partition coefficient (Wildman–Crippen LogP) is 3.60. The number of rotatable bonds is 4. The molecule has 0 saturated heterocycles. The summed E-state index contributed by atoms with van der Waals surface area (Å²) in [6, 6.07) is 3.47. The van der Waals surface area contributed by atoms with Crippen LogP contribution in [0.1, 0.15) is 27.2 Å². The van der Waals surface area contributed by atoms with Gasteiger partial charge in [-0.1, -0.05) is 6.08 Å². The second-order valence-corrected chi connectivity index (χ2v) is 4.66. The smallest absolute Gasteiger partial charge is 0.417 e. The van der Waals surface area contributed by atoms with Crippen molar-refractivity contribution in [3.63, 3.8) is 0 Å². The summed E-state index contributed by atoms with van der Waals surface area (Å²) in [5.41, 5.74) is -0.518. The van der Waals surface area contributed by atoms with Gasteiger partial charge in [-0.25, -0.2) is 9.69 Å². The maximum atomic E-state index is 12.0. The van der Waals surface area contributed by atoms with Gasteiger partial charge in [-0.2, -0.15) is 0 Å². The van der Waals surface area contributed by atoms with E-state index in [4.69, 9.17) is 9.15 Å². The van der Waals surface area contributed by atoms with Gasteiger partial charge < -0.3 is 9.15 Å². The Balaban J connectivity index is 2.76. The molecule has 1 heterocycles. The Morgan fingerprint density at radius 3 is 2.76 bits per heavy atom. The number of carbonyl (C=O) groups is 1. The number of nitrogens with zero attached hydrogens (tertiary/aromatic N) is 1. The van der Waals surface area contributed by atoms with Crippen LogP contribution >= 0.6 is 0 Å². The van der Waals surface area contributed by atoms with E-state index in [9.17, 15) is 4.79 Å². The van der Waals surface area contributed by atoms with Crippen LogP contribution in [-0.4, -0.2) is 18.2 Å². The first-order valence-corrected chi connectivity index (χ1v) is 5.59. The molecule has 0 N–H and O–H groups in total. The van der Waals surface area contributed by atoms with Crippen molar-refractivity contribution < 1.29 is 13.9 Å². The third-order valence-corrected chi connectivity index (χ3v) is 1.94. The third kappa shape index (κ3) is 4.34. The lowest BCUT2D eigenvalue weighted by Gasteiger charge is -2.25. The summed E-state index contributed by atoms with van der Waals surface area (Å²) >= 11 is 0. The average molecular weight is 237 g/mol. The summed E-state index contributed by atoms with van der Waals surface area (Å²) in [7, 11) is 0. The number of ether oxygens (including phenoxy) is 1. The summed E-state index contributed by atoms with van der Waals surface area (Å²) in [6.45, 7) is 9.63. The Bertz CT molecular complexity index is 363. The van der Waals surface area contributed by atoms with Crippen LogP contribution in [0.3, 0.4) is 0 Å². The zero-order chi connectivity index (χ0) is 12.9. The van der Waals surface area contributed by atoms with Crippen molar-refractivity contribution in [2.75, 3.05) is 11.4 Å². The van der Waals surface area contributed by atoms with E-state index in [0.717, 1.165) is 0 Å². The van der Waals surface area contributed by atoms with Gasteiger partial charge in [0.15, 0.2) is 0 Å². The average Bonchev–Trinajstić information content (AvgIpc) is 2.68. The van der Waals surface area contributed by atoms with Crippen LogP contribution in [0, 0.1) is 0 Å². The normalized spacial score (nSPS) is 11.0. The molecule has 4 nitrogen and oxygen atoms in total. The largest absolute Gasteiger partial charge is 0.448 e. The van der Waals surface area contributed by atoms with Gasteiger partial charge in [0, 0.05) is 12.6 Å². The molecule has 1 aromatic heterocycles. The lowest BCUT2D eigenvalue weighted by Crippen LogP contribution is -2.37. The highest BCUT2D eigenvalue weighted by molar-refractivity contribution is 5.86. The summed E-state index contributed by atoms with van der Waals surface area (Å²) in [5.74, 6) is 0.487. The maximum Gasteiger partial charge on any atom is 0.417 e. The summed E-state index contributed by atoms with van der Waals surface area (Å²) in [5, 5.41) is 0. The van der Waals surface area contributed by atoms with Gasteiger partial charge >= 0.3 is 6.09 Å². The fourth-order valence-corrected chi connectivity index (χ4v) is 1.25. The molecule has 17 heavy (non-hydrogen) atoms. The molecule has 0 aliphatic heterocycles. The molecule has 0 aliphatic carbocycles. The van der Waals surface area contributed by atoms with E-state index in [1.54, 1.807) is 18.2 Å². The van der Waals surface area contributed by atoms with Crippen molar-refractivity contribution in [2.45, 2.75) is 32.8 Å². The van der Waals surface area contributed by atoms with E-state index in [2.05, 4.69) is 6.58 Å².